The Kier molecular flexibility index (Phi) is 2.91. The first-order valence-electron chi connectivity index (χ1n) is 7.87. The van der Waals surface area contributed by atoms with Crippen LogP contribution in [-0.2, 0) is 12.8 Å². The van der Waals surface area contributed by atoms with Crippen molar-refractivity contribution in [2.45, 2.75) is 39.6 Å². The Morgan fingerprint density at radius 3 is 1.67 bits per heavy atom. The van der Waals surface area contributed by atoms with E-state index in [0.29, 0.717) is 0 Å². The smallest absolute Gasteiger partial charge is 0.0251 e. The molecule has 0 aromatic heterocycles. The van der Waals surface area contributed by atoms with Crippen molar-refractivity contribution in [3.8, 4) is 0 Å². The van der Waals surface area contributed by atoms with E-state index in [1.165, 1.54) is 19.3 Å². The Morgan fingerprint density at radius 2 is 1.14 bits per heavy atom. The third kappa shape index (κ3) is 1.99. The zero-order valence-corrected chi connectivity index (χ0v) is 13.5. The van der Waals surface area contributed by atoms with Crippen LogP contribution in [0.4, 0.5) is 0 Å². The molecule has 0 spiro atoms. The third-order valence-corrected chi connectivity index (χ3v) is 8.67. The van der Waals surface area contributed by atoms with Gasteiger partial charge in [0.2, 0.25) is 0 Å². The number of benzene rings is 2. The van der Waals surface area contributed by atoms with Gasteiger partial charge in [-0.1, -0.05) is 36.4 Å². The minimum Gasteiger partial charge on any atom is -0.121 e. The van der Waals surface area contributed by atoms with Crippen LogP contribution in [0, 0.1) is 11.8 Å². The largest absolute Gasteiger partial charge is 0.121 e. The quantitative estimate of drug-likeness (QED) is 0.667. The highest BCUT2D eigenvalue weighted by atomic mass is 32.2. The van der Waals surface area contributed by atoms with E-state index in [1.807, 2.05) is 0 Å². The molecule has 2 aromatic carbocycles. The molecule has 2 heterocycles. The fourth-order valence-electron chi connectivity index (χ4n) is 4.35. The second kappa shape index (κ2) is 4.82. The molecule has 3 aliphatic rings. The van der Waals surface area contributed by atoms with Crippen LogP contribution >= 0.6 is 23.5 Å². The lowest BCUT2D eigenvalue weighted by Crippen LogP contribution is -2.29. The maximum absolute atomic E-state index is 2.34. The monoisotopic (exact) mass is 310 g/mol. The number of hydrogen-bond donors (Lipinski definition) is 0. The van der Waals surface area contributed by atoms with Crippen LogP contribution in [0.3, 0.4) is 0 Å². The van der Waals surface area contributed by atoms with Gasteiger partial charge in [0.1, 0.15) is 0 Å². The summed E-state index contributed by atoms with van der Waals surface area (Å²) in [6.45, 7) is 0. The summed E-state index contributed by atoms with van der Waals surface area (Å²) in [4.78, 5) is 3.08. The second-order valence-corrected chi connectivity index (χ2v) is 8.98. The van der Waals surface area contributed by atoms with Crippen LogP contribution in [0.5, 0.6) is 0 Å². The molecule has 1 aliphatic carbocycles. The van der Waals surface area contributed by atoms with Gasteiger partial charge in [-0.15, -0.1) is 23.5 Å². The Labute approximate surface area is 134 Å². The summed E-state index contributed by atoms with van der Waals surface area (Å²) >= 11 is 4.33. The van der Waals surface area contributed by atoms with E-state index in [-0.39, 0.29) is 0 Å². The summed E-state index contributed by atoms with van der Waals surface area (Å²) < 4.78 is 0. The van der Waals surface area contributed by atoms with E-state index >= 15 is 0 Å². The van der Waals surface area contributed by atoms with E-state index in [1.54, 1.807) is 20.9 Å². The Balaban J connectivity index is 1.49. The Morgan fingerprint density at radius 1 is 0.667 bits per heavy atom. The summed E-state index contributed by atoms with van der Waals surface area (Å²) in [5, 5.41) is 1.64. The molecule has 0 saturated heterocycles. The summed E-state index contributed by atoms with van der Waals surface area (Å²) in [7, 11) is 0. The van der Waals surface area contributed by atoms with Gasteiger partial charge in [-0.05, 0) is 54.4 Å². The van der Waals surface area contributed by atoms with Crippen LogP contribution in [0.2, 0.25) is 0 Å². The summed E-state index contributed by atoms with van der Waals surface area (Å²) in [6.07, 6.45) is 4.04. The molecule has 2 aromatic rings. The lowest BCUT2D eigenvalue weighted by atomic mass is 9.93. The number of fused-ring (bicyclic) bond motifs is 5. The van der Waals surface area contributed by atoms with Crippen molar-refractivity contribution in [1.29, 1.82) is 0 Å². The van der Waals surface area contributed by atoms with Crippen molar-refractivity contribution < 1.29 is 0 Å². The minimum absolute atomic E-state index is 0.822. The van der Waals surface area contributed by atoms with Crippen LogP contribution < -0.4 is 0 Å². The van der Waals surface area contributed by atoms with E-state index in [0.717, 1.165) is 22.3 Å². The molecule has 4 atom stereocenters. The van der Waals surface area contributed by atoms with Gasteiger partial charge in [-0.3, -0.25) is 0 Å². The normalized spacial score (nSPS) is 32.8. The maximum atomic E-state index is 2.34. The van der Waals surface area contributed by atoms with Gasteiger partial charge in [0.15, 0.2) is 0 Å². The molecule has 0 nitrogen and oxygen atoms in total. The fraction of sp³-hybridized carbons (Fsp3) is 0.368. The topological polar surface area (TPSA) is 0 Å². The first-order chi connectivity index (χ1) is 10.4. The third-order valence-electron chi connectivity index (χ3n) is 5.29. The zero-order valence-electron chi connectivity index (χ0n) is 11.9. The van der Waals surface area contributed by atoms with E-state index < -0.39 is 0 Å². The van der Waals surface area contributed by atoms with Gasteiger partial charge in [-0.2, -0.15) is 0 Å². The van der Waals surface area contributed by atoms with Crippen LogP contribution in [0.15, 0.2) is 58.3 Å². The number of thioether (sulfide) groups is 2. The molecule has 2 aliphatic heterocycles. The molecule has 5 rings (SSSR count). The zero-order chi connectivity index (χ0) is 13.8. The molecule has 1 fully saturated rings. The van der Waals surface area contributed by atoms with Crippen LogP contribution in [0.1, 0.15) is 17.5 Å². The molecule has 106 valence electrons. The second-order valence-electron chi connectivity index (χ2n) is 6.54. The van der Waals surface area contributed by atoms with Crippen LogP contribution in [-0.4, -0.2) is 10.5 Å². The van der Waals surface area contributed by atoms with Crippen LogP contribution in [0.25, 0.3) is 0 Å². The average Bonchev–Trinajstić information content (AvgIpc) is 2.87. The molecular formula is C19H18S2. The minimum atomic E-state index is 0.822. The first kappa shape index (κ1) is 12.7. The van der Waals surface area contributed by atoms with Gasteiger partial charge in [0.05, 0.1) is 0 Å². The predicted octanol–water partition coefficient (Wildman–Crippen LogP) is 5.06. The Bertz CT molecular complexity index is 634. The highest BCUT2D eigenvalue weighted by Crippen LogP contribution is 2.56. The highest BCUT2D eigenvalue weighted by Gasteiger charge is 2.47. The van der Waals surface area contributed by atoms with Crippen molar-refractivity contribution in [2.24, 2.45) is 11.8 Å². The van der Waals surface area contributed by atoms with Gasteiger partial charge in [0.25, 0.3) is 0 Å². The van der Waals surface area contributed by atoms with Crippen molar-refractivity contribution in [3.05, 3.63) is 59.7 Å². The highest BCUT2D eigenvalue weighted by molar-refractivity contribution is 8.04. The van der Waals surface area contributed by atoms with Crippen molar-refractivity contribution >= 4 is 23.5 Å². The molecule has 4 unspecified atom stereocenters. The SMILES string of the molecule is c1ccc2c(c1)CC1CC3Cc4ccccc4SC3C1S2. The molecule has 1 saturated carbocycles. The first-order valence-corrected chi connectivity index (χ1v) is 9.63. The molecule has 0 amide bonds. The van der Waals surface area contributed by atoms with Crippen molar-refractivity contribution in [1.82, 2.24) is 0 Å². The predicted molar refractivity (Wildman–Crippen MR) is 91.2 cm³/mol. The molecule has 21 heavy (non-hydrogen) atoms. The van der Waals surface area contributed by atoms with E-state index in [2.05, 4.69) is 72.1 Å². The van der Waals surface area contributed by atoms with Gasteiger partial charge >= 0.3 is 0 Å². The molecule has 0 N–H and O–H groups in total. The molecule has 0 radical (unpaired) electrons. The fourth-order valence-corrected chi connectivity index (χ4v) is 7.70. The maximum Gasteiger partial charge on any atom is 0.0251 e. The summed E-state index contributed by atoms with van der Waals surface area (Å²) in [5.41, 5.74) is 3.18. The van der Waals surface area contributed by atoms with E-state index in [4.69, 9.17) is 0 Å². The lowest BCUT2D eigenvalue weighted by Gasteiger charge is -2.33. The van der Waals surface area contributed by atoms with Gasteiger partial charge < -0.3 is 0 Å². The summed E-state index contributed by atoms with van der Waals surface area (Å²) in [6, 6.07) is 18.1. The average molecular weight is 310 g/mol. The van der Waals surface area contributed by atoms with E-state index in [9.17, 15) is 0 Å². The lowest BCUT2D eigenvalue weighted by molar-refractivity contribution is 0.482. The molecule has 2 heteroatoms. The van der Waals surface area contributed by atoms with Crippen molar-refractivity contribution in [2.75, 3.05) is 0 Å². The Hall–Kier alpha value is -0.860. The standard InChI is InChI=1S/C19H18S2/c1-3-7-16-12(5-1)9-14-11-15-10-13-6-2-4-8-17(13)21-19(15)18(14)20-16/h1-8,14-15,18-19H,9-11H2. The van der Waals surface area contributed by atoms with Crippen molar-refractivity contribution in [3.63, 3.8) is 0 Å². The van der Waals surface area contributed by atoms with Gasteiger partial charge in [0, 0.05) is 20.3 Å². The number of hydrogen-bond acceptors (Lipinski definition) is 2. The molecular weight excluding hydrogens is 292 g/mol. The van der Waals surface area contributed by atoms with Gasteiger partial charge in [-0.25, -0.2) is 0 Å². The summed E-state index contributed by atoms with van der Waals surface area (Å²) in [5.74, 6) is 1.78. The number of rotatable bonds is 0. The molecule has 0 bridgehead atoms.